The lowest BCUT2D eigenvalue weighted by molar-refractivity contribution is -0.134. The summed E-state index contributed by atoms with van der Waals surface area (Å²) in [6.45, 7) is 4.79. The highest BCUT2D eigenvalue weighted by atomic mass is 16.5. The van der Waals surface area contributed by atoms with Gasteiger partial charge in [0.05, 0.1) is 6.61 Å². The fraction of sp³-hybridized carbons (Fsp3) is 0.292. The lowest BCUT2D eigenvalue weighted by Gasteiger charge is -2.08. The molecule has 0 saturated carbocycles. The van der Waals surface area contributed by atoms with Crippen LogP contribution in [0.15, 0.2) is 57.7 Å². The van der Waals surface area contributed by atoms with Crippen molar-refractivity contribution < 1.29 is 23.5 Å². The standard InChI is InChI=1S/C24H25NO6/c1-3-12-25-23(27)20-14-17-8-11-19(15-21(17)31-24(20)28)30-22(26)5-4-13-29-18-9-6-16(2)7-10-18/h6-11,14-15H,3-5,12-13H2,1-2H3,(H,25,27). The lowest BCUT2D eigenvalue weighted by atomic mass is 10.1. The molecule has 0 aliphatic heterocycles. The fourth-order valence-electron chi connectivity index (χ4n) is 2.87. The Morgan fingerprint density at radius 2 is 1.77 bits per heavy atom. The number of esters is 1. The Bertz CT molecular complexity index is 1120. The molecule has 162 valence electrons. The third kappa shape index (κ3) is 6.18. The van der Waals surface area contributed by atoms with E-state index in [1.54, 1.807) is 12.1 Å². The van der Waals surface area contributed by atoms with Gasteiger partial charge in [-0.05, 0) is 50.1 Å². The van der Waals surface area contributed by atoms with E-state index in [-0.39, 0.29) is 23.3 Å². The van der Waals surface area contributed by atoms with E-state index in [9.17, 15) is 14.4 Å². The van der Waals surface area contributed by atoms with Crippen molar-refractivity contribution in [2.45, 2.75) is 33.1 Å². The highest BCUT2D eigenvalue weighted by Crippen LogP contribution is 2.21. The monoisotopic (exact) mass is 423 g/mol. The van der Waals surface area contributed by atoms with Gasteiger partial charge in [0.15, 0.2) is 0 Å². The van der Waals surface area contributed by atoms with Crippen molar-refractivity contribution in [1.82, 2.24) is 5.32 Å². The van der Waals surface area contributed by atoms with Crippen LogP contribution in [0.3, 0.4) is 0 Å². The van der Waals surface area contributed by atoms with Gasteiger partial charge in [0.1, 0.15) is 22.6 Å². The number of amides is 1. The molecule has 2 aromatic carbocycles. The number of hydrogen-bond acceptors (Lipinski definition) is 6. The first-order chi connectivity index (χ1) is 15.0. The van der Waals surface area contributed by atoms with Crippen molar-refractivity contribution in [2.75, 3.05) is 13.2 Å². The summed E-state index contributed by atoms with van der Waals surface area (Å²) in [5.74, 6) is 0.139. The number of fused-ring (bicyclic) bond motifs is 1. The SMILES string of the molecule is CCCNC(=O)c1cc2ccc(OC(=O)CCCOc3ccc(C)cc3)cc2oc1=O. The predicted octanol–water partition coefficient (Wildman–Crippen LogP) is 4.01. The normalized spacial score (nSPS) is 10.6. The highest BCUT2D eigenvalue weighted by molar-refractivity contribution is 5.96. The third-order valence-electron chi connectivity index (χ3n) is 4.53. The van der Waals surface area contributed by atoms with E-state index in [2.05, 4.69) is 5.32 Å². The topological polar surface area (TPSA) is 94.8 Å². The Hall–Kier alpha value is -3.61. The minimum Gasteiger partial charge on any atom is -0.494 e. The maximum atomic E-state index is 12.1. The maximum Gasteiger partial charge on any atom is 0.349 e. The van der Waals surface area contributed by atoms with E-state index in [0.29, 0.717) is 25.0 Å². The van der Waals surface area contributed by atoms with Crippen molar-refractivity contribution >= 4 is 22.8 Å². The van der Waals surface area contributed by atoms with E-state index >= 15 is 0 Å². The molecular weight excluding hydrogens is 398 g/mol. The van der Waals surface area contributed by atoms with Gasteiger partial charge in [0.2, 0.25) is 0 Å². The molecule has 0 aliphatic carbocycles. The molecular formula is C24H25NO6. The molecule has 1 N–H and O–H groups in total. The summed E-state index contributed by atoms with van der Waals surface area (Å²) in [6, 6.07) is 13.9. The smallest absolute Gasteiger partial charge is 0.349 e. The van der Waals surface area contributed by atoms with Gasteiger partial charge in [-0.3, -0.25) is 9.59 Å². The van der Waals surface area contributed by atoms with Crippen molar-refractivity contribution in [3.05, 3.63) is 70.1 Å². The number of carbonyl (C=O) groups is 2. The Labute approximate surface area is 180 Å². The number of ether oxygens (including phenoxy) is 2. The van der Waals surface area contributed by atoms with Gasteiger partial charge >= 0.3 is 11.6 Å². The van der Waals surface area contributed by atoms with Crippen molar-refractivity contribution in [2.24, 2.45) is 0 Å². The van der Waals surface area contributed by atoms with Crippen LogP contribution in [0.5, 0.6) is 11.5 Å². The van der Waals surface area contributed by atoms with E-state index in [1.807, 2.05) is 38.1 Å². The number of aryl methyl sites for hydroxylation is 1. The summed E-state index contributed by atoms with van der Waals surface area (Å²) in [5, 5.41) is 3.21. The molecule has 0 saturated heterocycles. The zero-order valence-electron chi connectivity index (χ0n) is 17.6. The van der Waals surface area contributed by atoms with Gasteiger partial charge in [0.25, 0.3) is 5.91 Å². The van der Waals surface area contributed by atoms with Crippen LogP contribution in [-0.2, 0) is 4.79 Å². The van der Waals surface area contributed by atoms with E-state index in [1.165, 1.54) is 12.1 Å². The number of carbonyl (C=O) groups excluding carboxylic acids is 2. The van der Waals surface area contributed by atoms with Crippen LogP contribution in [-0.4, -0.2) is 25.0 Å². The van der Waals surface area contributed by atoms with Gasteiger partial charge < -0.3 is 19.2 Å². The maximum absolute atomic E-state index is 12.1. The van der Waals surface area contributed by atoms with Gasteiger partial charge in [-0.2, -0.15) is 0 Å². The second-order valence-corrected chi connectivity index (χ2v) is 7.14. The van der Waals surface area contributed by atoms with E-state index in [4.69, 9.17) is 13.9 Å². The van der Waals surface area contributed by atoms with Crippen molar-refractivity contribution in [1.29, 1.82) is 0 Å². The molecule has 0 atom stereocenters. The van der Waals surface area contributed by atoms with Crippen LogP contribution < -0.4 is 20.4 Å². The average Bonchev–Trinajstić information content (AvgIpc) is 2.75. The molecule has 7 heteroatoms. The number of hydrogen-bond donors (Lipinski definition) is 1. The minimum atomic E-state index is -0.738. The van der Waals surface area contributed by atoms with Gasteiger partial charge in [-0.1, -0.05) is 24.6 Å². The lowest BCUT2D eigenvalue weighted by Crippen LogP contribution is -2.28. The van der Waals surface area contributed by atoms with Crippen LogP contribution in [0.4, 0.5) is 0 Å². The first kappa shape index (κ1) is 22.1. The summed E-state index contributed by atoms with van der Waals surface area (Å²) in [7, 11) is 0. The van der Waals surface area contributed by atoms with Crippen LogP contribution in [0.1, 0.15) is 42.1 Å². The Kier molecular flexibility index (Phi) is 7.43. The van der Waals surface area contributed by atoms with Crippen molar-refractivity contribution in [3.63, 3.8) is 0 Å². The zero-order chi connectivity index (χ0) is 22.2. The Morgan fingerprint density at radius 1 is 1.03 bits per heavy atom. The molecule has 1 heterocycles. The molecule has 7 nitrogen and oxygen atoms in total. The molecule has 0 aliphatic rings. The summed E-state index contributed by atoms with van der Waals surface area (Å²) in [4.78, 5) is 36.3. The second kappa shape index (κ2) is 10.4. The summed E-state index contributed by atoms with van der Waals surface area (Å²) in [5.41, 5.74) is 0.597. The van der Waals surface area contributed by atoms with Crippen LogP contribution >= 0.6 is 0 Å². The van der Waals surface area contributed by atoms with Crippen LogP contribution in [0.25, 0.3) is 11.0 Å². The first-order valence-corrected chi connectivity index (χ1v) is 10.2. The second-order valence-electron chi connectivity index (χ2n) is 7.14. The average molecular weight is 423 g/mol. The first-order valence-electron chi connectivity index (χ1n) is 10.2. The van der Waals surface area contributed by atoms with Gasteiger partial charge in [-0.15, -0.1) is 0 Å². The van der Waals surface area contributed by atoms with E-state index < -0.39 is 17.5 Å². The molecule has 1 amide bonds. The van der Waals surface area contributed by atoms with E-state index in [0.717, 1.165) is 17.7 Å². The molecule has 3 aromatic rings. The van der Waals surface area contributed by atoms with Gasteiger partial charge in [0, 0.05) is 24.4 Å². The van der Waals surface area contributed by atoms with Crippen LogP contribution in [0.2, 0.25) is 0 Å². The molecule has 0 unspecified atom stereocenters. The third-order valence-corrected chi connectivity index (χ3v) is 4.53. The molecule has 0 spiro atoms. The van der Waals surface area contributed by atoms with Crippen LogP contribution in [0, 0.1) is 6.92 Å². The molecule has 3 rings (SSSR count). The molecule has 0 radical (unpaired) electrons. The quantitative estimate of drug-likeness (QED) is 0.242. The largest absolute Gasteiger partial charge is 0.494 e. The number of nitrogens with one attached hydrogen (secondary N) is 1. The summed E-state index contributed by atoms with van der Waals surface area (Å²) >= 11 is 0. The van der Waals surface area contributed by atoms with Gasteiger partial charge in [-0.25, -0.2) is 4.79 Å². The minimum absolute atomic E-state index is 0.0562. The zero-order valence-corrected chi connectivity index (χ0v) is 17.6. The number of benzene rings is 2. The Morgan fingerprint density at radius 3 is 2.52 bits per heavy atom. The van der Waals surface area contributed by atoms with Crippen molar-refractivity contribution in [3.8, 4) is 11.5 Å². The molecule has 0 bridgehead atoms. The molecule has 1 aromatic heterocycles. The summed E-state index contributed by atoms with van der Waals surface area (Å²) < 4.78 is 16.2. The molecule has 0 fully saturated rings. The fourth-order valence-corrected chi connectivity index (χ4v) is 2.87. The Balaban J connectivity index is 1.56. The highest BCUT2D eigenvalue weighted by Gasteiger charge is 2.14. The molecule has 31 heavy (non-hydrogen) atoms. The number of rotatable bonds is 9. The predicted molar refractivity (Wildman–Crippen MR) is 117 cm³/mol. The summed E-state index contributed by atoms with van der Waals surface area (Å²) in [6.07, 6.45) is 1.45.